The van der Waals surface area contributed by atoms with Crippen molar-refractivity contribution >= 4 is 12.0 Å². The van der Waals surface area contributed by atoms with Crippen molar-refractivity contribution in [1.29, 1.82) is 0 Å². The number of carbonyl (C=O) groups excluding carboxylic acids is 2. The van der Waals surface area contributed by atoms with Crippen LogP contribution in [-0.2, 0) is 9.53 Å². The van der Waals surface area contributed by atoms with Gasteiger partial charge in [0.25, 0.3) is 0 Å². The number of nitrogens with one attached hydrogen (secondary N) is 2. The van der Waals surface area contributed by atoms with E-state index < -0.39 is 11.7 Å². The highest BCUT2D eigenvalue weighted by atomic mass is 16.6. The van der Waals surface area contributed by atoms with Gasteiger partial charge in [0.1, 0.15) is 5.60 Å². The highest BCUT2D eigenvalue weighted by molar-refractivity contribution is 5.77. The lowest BCUT2D eigenvalue weighted by Gasteiger charge is -2.19. The van der Waals surface area contributed by atoms with Crippen molar-refractivity contribution in [3.8, 4) is 0 Å². The van der Waals surface area contributed by atoms with E-state index in [9.17, 15) is 9.59 Å². The van der Waals surface area contributed by atoms with Gasteiger partial charge in [0.2, 0.25) is 5.91 Å². The van der Waals surface area contributed by atoms with Crippen molar-refractivity contribution in [2.24, 2.45) is 0 Å². The molecule has 1 aromatic rings. The van der Waals surface area contributed by atoms with Crippen LogP contribution in [0.25, 0.3) is 0 Å². The number of alkyl carbamates (subject to hydrolysis) is 1. The Labute approximate surface area is 132 Å². The van der Waals surface area contributed by atoms with Crippen LogP contribution in [-0.4, -0.2) is 24.1 Å². The van der Waals surface area contributed by atoms with Crippen molar-refractivity contribution in [3.63, 3.8) is 0 Å². The topological polar surface area (TPSA) is 67.4 Å². The predicted molar refractivity (Wildman–Crippen MR) is 86.6 cm³/mol. The Bertz CT molecular complexity index is 504. The second-order valence-corrected chi connectivity index (χ2v) is 6.38. The Morgan fingerprint density at radius 3 is 2.32 bits per heavy atom. The van der Waals surface area contributed by atoms with Crippen molar-refractivity contribution in [2.45, 2.75) is 52.7 Å². The van der Waals surface area contributed by atoms with E-state index in [0.29, 0.717) is 0 Å². The van der Waals surface area contributed by atoms with Crippen LogP contribution in [0.5, 0.6) is 0 Å². The van der Waals surface area contributed by atoms with Gasteiger partial charge in [-0.2, -0.15) is 0 Å². The maximum Gasteiger partial charge on any atom is 0.407 e. The summed E-state index contributed by atoms with van der Waals surface area (Å²) >= 11 is 0. The first kappa shape index (κ1) is 18.0. The smallest absolute Gasteiger partial charge is 0.407 e. The van der Waals surface area contributed by atoms with E-state index in [4.69, 9.17) is 4.74 Å². The molecule has 2 amide bonds. The molecule has 0 spiro atoms. The van der Waals surface area contributed by atoms with Crippen LogP contribution < -0.4 is 10.6 Å². The van der Waals surface area contributed by atoms with Crippen LogP contribution in [0.3, 0.4) is 0 Å². The lowest BCUT2D eigenvalue weighted by molar-refractivity contribution is -0.121. The summed E-state index contributed by atoms with van der Waals surface area (Å²) in [5.74, 6) is -0.107. The average molecular weight is 306 g/mol. The molecule has 5 nitrogen and oxygen atoms in total. The minimum Gasteiger partial charge on any atom is -0.444 e. The zero-order chi connectivity index (χ0) is 16.8. The molecule has 1 rings (SSSR count). The van der Waals surface area contributed by atoms with E-state index in [0.717, 1.165) is 5.56 Å². The van der Waals surface area contributed by atoms with E-state index >= 15 is 0 Å². The number of hydrogen-bond donors (Lipinski definition) is 2. The summed E-state index contributed by atoms with van der Waals surface area (Å²) in [5, 5.41) is 5.48. The number of rotatable bonds is 5. The first-order chi connectivity index (χ1) is 10.2. The quantitative estimate of drug-likeness (QED) is 0.878. The van der Waals surface area contributed by atoms with Crippen molar-refractivity contribution in [3.05, 3.63) is 35.4 Å². The Balaban J connectivity index is 2.31. The standard InChI is InChI=1S/C17H26N2O3/c1-12-6-8-14(9-7-12)13(2)19-15(20)10-11-18-16(21)22-17(3,4)5/h6-9,13H,10-11H2,1-5H3,(H,18,21)(H,19,20). The normalized spacial score (nSPS) is 12.4. The lowest BCUT2D eigenvalue weighted by atomic mass is 10.1. The van der Waals surface area contributed by atoms with Crippen LogP contribution in [0.4, 0.5) is 4.79 Å². The number of hydrogen-bond acceptors (Lipinski definition) is 3. The molecule has 2 N–H and O–H groups in total. The summed E-state index contributed by atoms with van der Waals surface area (Å²) in [5.41, 5.74) is 1.70. The molecule has 0 fully saturated rings. The molecule has 1 atom stereocenters. The number of benzene rings is 1. The molecule has 0 saturated heterocycles. The Morgan fingerprint density at radius 2 is 1.77 bits per heavy atom. The summed E-state index contributed by atoms with van der Waals surface area (Å²) in [6.07, 6.45) is -0.290. The number of ether oxygens (including phenoxy) is 1. The van der Waals surface area contributed by atoms with E-state index in [2.05, 4.69) is 10.6 Å². The maximum atomic E-state index is 11.9. The van der Waals surface area contributed by atoms with Gasteiger partial charge in [-0.05, 0) is 40.2 Å². The fourth-order valence-electron chi connectivity index (χ4n) is 1.84. The molecular formula is C17H26N2O3. The van der Waals surface area contributed by atoms with Crippen molar-refractivity contribution < 1.29 is 14.3 Å². The number of amides is 2. The second kappa shape index (κ2) is 7.82. The third kappa shape index (κ3) is 7.11. The van der Waals surface area contributed by atoms with Gasteiger partial charge in [-0.1, -0.05) is 29.8 Å². The lowest BCUT2D eigenvalue weighted by Crippen LogP contribution is -2.35. The fraction of sp³-hybridized carbons (Fsp3) is 0.529. The van der Waals surface area contributed by atoms with Gasteiger partial charge >= 0.3 is 6.09 Å². The van der Waals surface area contributed by atoms with Gasteiger partial charge in [0, 0.05) is 13.0 Å². The van der Waals surface area contributed by atoms with Crippen LogP contribution in [0.15, 0.2) is 24.3 Å². The Hall–Kier alpha value is -2.04. The van der Waals surface area contributed by atoms with Crippen LogP contribution in [0, 0.1) is 6.92 Å². The van der Waals surface area contributed by atoms with Crippen LogP contribution in [0.1, 0.15) is 51.3 Å². The zero-order valence-electron chi connectivity index (χ0n) is 14.0. The number of aryl methyl sites for hydroxylation is 1. The van der Waals surface area contributed by atoms with Gasteiger partial charge in [-0.3, -0.25) is 4.79 Å². The summed E-state index contributed by atoms with van der Waals surface area (Å²) in [4.78, 5) is 23.3. The van der Waals surface area contributed by atoms with Gasteiger partial charge < -0.3 is 15.4 Å². The minimum atomic E-state index is -0.535. The van der Waals surface area contributed by atoms with Crippen molar-refractivity contribution in [2.75, 3.05) is 6.54 Å². The van der Waals surface area contributed by atoms with Gasteiger partial charge in [-0.25, -0.2) is 4.79 Å². The highest BCUT2D eigenvalue weighted by Crippen LogP contribution is 2.13. The second-order valence-electron chi connectivity index (χ2n) is 6.38. The Morgan fingerprint density at radius 1 is 1.18 bits per heavy atom. The van der Waals surface area contributed by atoms with Gasteiger partial charge in [0.05, 0.1) is 6.04 Å². The molecule has 0 heterocycles. The average Bonchev–Trinajstić information content (AvgIpc) is 2.37. The van der Waals surface area contributed by atoms with Crippen LogP contribution in [0.2, 0.25) is 0 Å². The molecule has 0 bridgehead atoms. The van der Waals surface area contributed by atoms with Gasteiger partial charge in [-0.15, -0.1) is 0 Å². The monoisotopic (exact) mass is 306 g/mol. The summed E-state index contributed by atoms with van der Waals surface area (Å²) in [6.45, 7) is 9.59. The van der Waals surface area contributed by atoms with Crippen molar-refractivity contribution in [1.82, 2.24) is 10.6 Å². The molecule has 0 aromatic heterocycles. The predicted octanol–water partition coefficient (Wildman–Crippen LogP) is 3.09. The molecule has 0 radical (unpaired) electrons. The number of carbonyl (C=O) groups is 2. The minimum absolute atomic E-state index is 0.0605. The highest BCUT2D eigenvalue weighted by Gasteiger charge is 2.16. The fourth-order valence-corrected chi connectivity index (χ4v) is 1.84. The molecule has 0 aliphatic heterocycles. The molecule has 1 aromatic carbocycles. The summed E-state index contributed by atoms with van der Waals surface area (Å²) in [6, 6.07) is 7.97. The SMILES string of the molecule is Cc1ccc(C(C)NC(=O)CCNC(=O)OC(C)(C)C)cc1. The molecule has 5 heteroatoms. The van der Waals surface area contributed by atoms with E-state index in [1.807, 2.05) is 38.1 Å². The summed E-state index contributed by atoms with van der Waals surface area (Å²) in [7, 11) is 0. The van der Waals surface area contributed by atoms with Gasteiger partial charge in [0.15, 0.2) is 0 Å². The molecular weight excluding hydrogens is 280 g/mol. The molecule has 122 valence electrons. The Kier molecular flexibility index (Phi) is 6.40. The maximum absolute atomic E-state index is 11.9. The molecule has 22 heavy (non-hydrogen) atoms. The zero-order valence-corrected chi connectivity index (χ0v) is 14.0. The first-order valence-corrected chi connectivity index (χ1v) is 7.50. The molecule has 1 unspecified atom stereocenters. The third-order valence-electron chi connectivity index (χ3n) is 2.98. The van der Waals surface area contributed by atoms with Crippen LogP contribution >= 0.6 is 0 Å². The first-order valence-electron chi connectivity index (χ1n) is 7.50. The molecule has 0 aliphatic rings. The van der Waals surface area contributed by atoms with E-state index in [-0.39, 0.29) is 24.9 Å². The largest absolute Gasteiger partial charge is 0.444 e. The van der Waals surface area contributed by atoms with E-state index in [1.165, 1.54) is 5.56 Å². The molecule has 0 saturated carbocycles. The third-order valence-corrected chi connectivity index (χ3v) is 2.98. The molecule has 0 aliphatic carbocycles. The summed E-state index contributed by atoms with van der Waals surface area (Å²) < 4.78 is 5.10. The van der Waals surface area contributed by atoms with E-state index in [1.54, 1.807) is 20.8 Å².